The van der Waals surface area contributed by atoms with E-state index in [4.69, 9.17) is 9.47 Å². The van der Waals surface area contributed by atoms with Crippen LogP contribution in [0.25, 0.3) is 0 Å². The fraction of sp³-hybridized carbons (Fsp3) is 0.294. The van der Waals surface area contributed by atoms with Gasteiger partial charge in [-0.2, -0.15) is 0 Å². The van der Waals surface area contributed by atoms with Crippen molar-refractivity contribution < 1.29 is 14.3 Å². The van der Waals surface area contributed by atoms with Crippen LogP contribution in [0.5, 0.6) is 5.75 Å². The van der Waals surface area contributed by atoms with Crippen molar-refractivity contribution in [3.05, 3.63) is 58.8 Å². The van der Waals surface area contributed by atoms with Crippen LogP contribution in [0.1, 0.15) is 12.0 Å². The smallest absolute Gasteiger partial charge is 0.410 e. The standard InChI is InChI=1S/C17H17BrN2O3/c18-14-8-16(10-19-9-14)22-12-15-6-7-20(15)17(21)23-11-13-4-2-1-3-5-13/h1-5,8-10,15H,6-7,11-12H2/t15-/m0/s1. The third-order valence-corrected chi connectivity index (χ3v) is 4.14. The number of nitrogens with zero attached hydrogens (tertiary/aromatic N) is 2. The Hall–Kier alpha value is -2.08. The SMILES string of the molecule is O=C(OCc1ccccc1)N1CC[C@H]1COc1cncc(Br)c1. The van der Waals surface area contributed by atoms with Crippen LogP contribution in [0.4, 0.5) is 4.79 Å². The second-order valence-corrected chi connectivity index (χ2v) is 6.24. The van der Waals surface area contributed by atoms with E-state index < -0.39 is 0 Å². The molecular weight excluding hydrogens is 360 g/mol. The lowest BCUT2D eigenvalue weighted by Crippen LogP contribution is -2.54. The highest BCUT2D eigenvalue weighted by atomic mass is 79.9. The first-order valence-corrected chi connectivity index (χ1v) is 8.22. The highest BCUT2D eigenvalue weighted by molar-refractivity contribution is 9.10. The molecule has 2 heterocycles. The van der Waals surface area contributed by atoms with Gasteiger partial charge in [0.15, 0.2) is 0 Å². The predicted molar refractivity (Wildman–Crippen MR) is 89.2 cm³/mol. The molecule has 0 saturated carbocycles. The number of benzene rings is 1. The molecule has 3 rings (SSSR count). The quantitative estimate of drug-likeness (QED) is 0.799. The Bertz CT molecular complexity index is 666. The minimum atomic E-state index is -0.291. The highest BCUT2D eigenvalue weighted by Gasteiger charge is 2.33. The highest BCUT2D eigenvalue weighted by Crippen LogP contribution is 2.22. The van der Waals surface area contributed by atoms with Crippen molar-refractivity contribution in [1.82, 2.24) is 9.88 Å². The van der Waals surface area contributed by atoms with Gasteiger partial charge in [-0.1, -0.05) is 30.3 Å². The van der Waals surface area contributed by atoms with Crippen LogP contribution in [0.3, 0.4) is 0 Å². The number of rotatable bonds is 5. The van der Waals surface area contributed by atoms with Gasteiger partial charge in [-0.05, 0) is 34.0 Å². The van der Waals surface area contributed by atoms with Crippen LogP contribution >= 0.6 is 15.9 Å². The number of ether oxygens (including phenoxy) is 2. The van der Waals surface area contributed by atoms with Gasteiger partial charge in [-0.25, -0.2) is 4.79 Å². The van der Waals surface area contributed by atoms with Gasteiger partial charge in [0.05, 0.1) is 12.2 Å². The van der Waals surface area contributed by atoms with Gasteiger partial charge in [-0.15, -0.1) is 0 Å². The van der Waals surface area contributed by atoms with E-state index in [1.54, 1.807) is 17.3 Å². The first-order chi connectivity index (χ1) is 11.2. The molecule has 0 spiro atoms. The lowest BCUT2D eigenvalue weighted by atomic mass is 10.1. The number of aromatic nitrogens is 1. The third-order valence-electron chi connectivity index (χ3n) is 3.71. The molecular formula is C17H17BrN2O3. The molecule has 2 aromatic rings. The largest absolute Gasteiger partial charge is 0.490 e. The topological polar surface area (TPSA) is 51.7 Å². The van der Waals surface area contributed by atoms with Gasteiger partial charge >= 0.3 is 6.09 Å². The summed E-state index contributed by atoms with van der Waals surface area (Å²) in [5.41, 5.74) is 0.981. The minimum absolute atomic E-state index is 0.0530. The molecule has 0 unspecified atom stereocenters. The molecule has 0 N–H and O–H groups in total. The second kappa shape index (κ2) is 7.46. The molecule has 0 bridgehead atoms. The van der Waals surface area contributed by atoms with Crippen molar-refractivity contribution in [1.29, 1.82) is 0 Å². The van der Waals surface area contributed by atoms with Gasteiger partial charge in [0.2, 0.25) is 0 Å². The van der Waals surface area contributed by atoms with E-state index in [2.05, 4.69) is 20.9 Å². The molecule has 1 saturated heterocycles. The molecule has 1 amide bonds. The molecule has 5 nitrogen and oxygen atoms in total. The number of carbonyl (C=O) groups is 1. The van der Waals surface area contributed by atoms with Crippen molar-refractivity contribution in [2.75, 3.05) is 13.2 Å². The van der Waals surface area contributed by atoms with Crippen LogP contribution in [0.15, 0.2) is 53.3 Å². The van der Waals surface area contributed by atoms with Gasteiger partial charge < -0.3 is 14.4 Å². The van der Waals surface area contributed by atoms with Crippen molar-refractivity contribution in [2.24, 2.45) is 0 Å². The number of hydrogen-bond donors (Lipinski definition) is 0. The summed E-state index contributed by atoms with van der Waals surface area (Å²) in [5, 5.41) is 0. The lowest BCUT2D eigenvalue weighted by Gasteiger charge is -2.39. The summed E-state index contributed by atoms with van der Waals surface area (Å²) in [7, 11) is 0. The molecule has 1 atom stereocenters. The Morgan fingerprint density at radius 2 is 2.13 bits per heavy atom. The molecule has 6 heteroatoms. The van der Waals surface area contributed by atoms with E-state index in [0.29, 0.717) is 25.5 Å². The number of carbonyl (C=O) groups excluding carboxylic acids is 1. The minimum Gasteiger partial charge on any atom is -0.490 e. The summed E-state index contributed by atoms with van der Waals surface area (Å²) < 4.78 is 11.9. The molecule has 1 aromatic heterocycles. The molecule has 0 aliphatic carbocycles. The van der Waals surface area contributed by atoms with Crippen molar-refractivity contribution in [2.45, 2.75) is 19.1 Å². The maximum Gasteiger partial charge on any atom is 0.410 e. The summed E-state index contributed by atoms with van der Waals surface area (Å²) in [5.74, 6) is 0.684. The van der Waals surface area contributed by atoms with E-state index in [9.17, 15) is 4.79 Å². The van der Waals surface area contributed by atoms with Crippen LogP contribution < -0.4 is 4.74 Å². The Labute approximate surface area is 143 Å². The molecule has 23 heavy (non-hydrogen) atoms. The van der Waals surface area contributed by atoms with Crippen LogP contribution in [-0.2, 0) is 11.3 Å². The molecule has 1 aromatic carbocycles. The summed E-state index contributed by atoms with van der Waals surface area (Å²) in [4.78, 5) is 17.9. The van der Waals surface area contributed by atoms with E-state index in [1.807, 2.05) is 36.4 Å². The zero-order chi connectivity index (χ0) is 16.1. The first kappa shape index (κ1) is 15.8. The van der Waals surface area contributed by atoms with Gasteiger partial charge in [0.1, 0.15) is 19.0 Å². The molecule has 1 aliphatic rings. The molecule has 0 radical (unpaired) electrons. The number of halogens is 1. The molecule has 120 valence electrons. The van der Waals surface area contributed by atoms with Crippen LogP contribution in [0.2, 0.25) is 0 Å². The van der Waals surface area contributed by atoms with E-state index in [0.717, 1.165) is 16.5 Å². The first-order valence-electron chi connectivity index (χ1n) is 7.43. The summed E-state index contributed by atoms with van der Waals surface area (Å²) in [6.07, 6.45) is 3.98. The molecule has 1 aliphatic heterocycles. The number of hydrogen-bond acceptors (Lipinski definition) is 4. The average Bonchev–Trinajstić information content (AvgIpc) is 2.53. The Morgan fingerprint density at radius 3 is 2.83 bits per heavy atom. The summed E-state index contributed by atoms with van der Waals surface area (Å²) >= 11 is 3.35. The number of amides is 1. The van der Waals surface area contributed by atoms with Gasteiger partial charge in [-0.3, -0.25) is 4.98 Å². The summed E-state index contributed by atoms with van der Waals surface area (Å²) in [6.45, 7) is 1.44. The predicted octanol–water partition coefficient (Wildman–Crippen LogP) is 3.63. The Morgan fingerprint density at radius 1 is 1.30 bits per heavy atom. The van der Waals surface area contributed by atoms with Gasteiger partial charge in [0, 0.05) is 17.2 Å². The maximum absolute atomic E-state index is 12.1. The second-order valence-electron chi connectivity index (χ2n) is 5.33. The van der Waals surface area contributed by atoms with E-state index in [1.165, 1.54) is 0 Å². The monoisotopic (exact) mass is 376 g/mol. The zero-order valence-electron chi connectivity index (χ0n) is 12.5. The lowest BCUT2D eigenvalue weighted by molar-refractivity contribution is 0.0259. The van der Waals surface area contributed by atoms with E-state index in [-0.39, 0.29) is 12.1 Å². The fourth-order valence-corrected chi connectivity index (χ4v) is 2.66. The number of likely N-dealkylation sites (tertiary alicyclic amines) is 1. The average molecular weight is 377 g/mol. The van der Waals surface area contributed by atoms with Crippen LogP contribution in [0, 0.1) is 0 Å². The van der Waals surface area contributed by atoms with Gasteiger partial charge in [0.25, 0.3) is 0 Å². The van der Waals surface area contributed by atoms with Crippen molar-refractivity contribution >= 4 is 22.0 Å². The third kappa shape index (κ3) is 4.22. The van der Waals surface area contributed by atoms with E-state index >= 15 is 0 Å². The molecule has 1 fully saturated rings. The van der Waals surface area contributed by atoms with Crippen molar-refractivity contribution in [3.8, 4) is 5.75 Å². The maximum atomic E-state index is 12.1. The normalized spacial score (nSPS) is 16.6. The summed E-state index contributed by atoms with van der Waals surface area (Å²) in [6, 6.07) is 11.6. The van der Waals surface area contributed by atoms with Crippen LogP contribution in [-0.4, -0.2) is 35.2 Å². The number of pyridine rings is 1. The fourth-order valence-electron chi connectivity index (χ4n) is 2.32. The Balaban J connectivity index is 1.46. The Kier molecular flexibility index (Phi) is 5.12. The zero-order valence-corrected chi connectivity index (χ0v) is 14.1. The van der Waals surface area contributed by atoms with Crippen molar-refractivity contribution in [3.63, 3.8) is 0 Å².